The van der Waals surface area contributed by atoms with Gasteiger partial charge >= 0.3 is 0 Å². The molecule has 3 rings (SSSR count). The third kappa shape index (κ3) is 2.66. The van der Waals surface area contributed by atoms with E-state index in [4.69, 9.17) is 16.0 Å². The van der Waals surface area contributed by atoms with E-state index in [1.54, 1.807) is 29.2 Å². The highest BCUT2D eigenvalue weighted by Gasteiger charge is 2.08. The maximum atomic E-state index is 13.1. The molecule has 0 saturated carbocycles. The summed E-state index contributed by atoms with van der Waals surface area (Å²) in [6, 6.07) is 6.17. The second-order valence-corrected chi connectivity index (χ2v) is 4.42. The smallest absolute Gasteiger partial charge is 0.216 e. The van der Waals surface area contributed by atoms with Gasteiger partial charge < -0.3 is 4.42 Å². The lowest BCUT2D eigenvalue weighted by atomic mass is 10.2. The van der Waals surface area contributed by atoms with Gasteiger partial charge in [-0.15, -0.1) is 0 Å². The highest BCUT2D eigenvalue weighted by molar-refractivity contribution is 6.30. The first-order chi connectivity index (χ1) is 9.20. The molecule has 1 aromatic carbocycles. The fourth-order valence-corrected chi connectivity index (χ4v) is 1.88. The lowest BCUT2D eigenvalue weighted by Gasteiger charge is -1.97. The molecule has 0 saturated heterocycles. The van der Waals surface area contributed by atoms with Crippen LogP contribution < -0.4 is 0 Å². The number of aromatic nitrogens is 3. The normalized spacial score (nSPS) is 10.8. The van der Waals surface area contributed by atoms with Gasteiger partial charge in [-0.2, -0.15) is 5.10 Å². The average Bonchev–Trinajstić information content (AvgIpc) is 2.99. The van der Waals surface area contributed by atoms with Crippen LogP contribution in [-0.4, -0.2) is 14.8 Å². The first-order valence-corrected chi connectivity index (χ1v) is 5.97. The molecule has 0 atom stereocenters. The van der Waals surface area contributed by atoms with Crippen molar-refractivity contribution in [3.8, 4) is 11.3 Å². The molecule has 96 valence electrons. The van der Waals surface area contributed by atoms with E-state index in [-0.39, 0.29) is 5.82 Å². The number of rotatable bonds is 3. The molecular formula is C13H9ClFN3O. The van der Waals surface area contributed by atoms with E-state index in [1.807, 2.05) is 0 Å². The lowest BCUT2D eigenvalue weighted by Crippen LogP contribution is -1.99. The minimum absolute atomic E-state index is 0.311. The summed E-state index contributed by atoms with van der Waals surface area (Å²) in [5.41, 5.74) is 0.650. The predicted molar refractivity (Wildman–Crippen MR) is 68.2 cm³/mol. The molecule has 2 aromatic heterocycles. The van der Waals surface area contributed by atoms with Gasteiger partial charge in [0.25, 0.3) is 0 Å². The Morgan fingerprint density at radius 1 is 1.32 bits per heavy atom. The molecule has 0 unspecified atom stereocenters. The summed E-state index contributed by atoms with van der Waals surface area (Å²) in [4.78, 5) is 4.13. The van der Waals surface area contributed by atoms with Crippen LogP contribution in [0.1, 0.15) is 5.89 Å². The Labute approximate surface area is 113 Å². The van der Waals surface area contributed by atoms with Crippen molar-refractivity contribution in [3.05, 3.63) is 59.6 Å². The molecule has 0 fully saturated rings. The molecule has 0 spiro atoms. The van der Waals surface area contributed by atoms with Crippen LogP contribution in [-0.2, 0) is 6.54 Å². The quantitative estimate of drug-likeness (QED) is 0.737. The topological polar surface area (TPSA) is 43.9 Å². The highest BCUT2D eigenvalue weighted by atomic mass is 35.5. The van der Waals surface area contributed by atoms with Crippen LogP contribution >= 0.6 is 11.6 Å². The number of benzene rings is 1. The van der Waals surface area contributed by atoms with Crippen LogP contribution in [0.4, 0.5) is 4.39 Å². The zero-order valence-corrected chi connectivity index (χ0v) is 10.5. The molecule has 2 heterocycles. The molecular weight excluding hydrogens is 269 g/mol. The first-order valence-electron chi connectivity index (χ1n) is 5.59. The highest BCUT2D eigenvalue weighted by Crippen LogP contribution is 2.21. The second-order valence-electron chi connectivity index (χ2n) is 3.98. The Kier molecular flexibility index (Phi) is 3.05. The van der Waals surface area contributed by atoms with E-state index < -0.39 is 0 Å². The second kappa shape index (κ2) is 4.85. The van der Waals surface area contributed by atoms with Crippen LogP contribution in [0.25, 0.3) is 11.3 Å². The van der Waals surface area contributed by atoms with E-state index in [0.717, 1.165) is 0 Å². The molecule has 0 amide bonds. The molecule has 6 heteroatoms. The van der Waals surface area contributed by atoms with Crippen molar-refractivity contribution in [1.29, 1.82) is 0 Å². The fourth-order valence-electron chi connectivity index (χ4n) is 1.72. The first kappa shape index (κ1) is 11.9. The van der Waals surface area contributed by atoms with Gasteiger partial charge in [0.05, 0.1) is 17.4 Å². The van der Waals surface area contributed by atoms with Crippen LogP contribution in [0.5, 0.6) is 0 Å². The Hall–Kier alpha value is -2.14. The van der Waals surface area contributed by atoms with Crippen molar-refractivity contribution in [2.75, 3.05) is 0 Å². The van der Waals surface area contributed by atoms with Gasteiger partial charge in [-0.1, -0.05) is 23.7 Å². The summed E-state index contributed by atoms with van der Waals surface area (Å²) in [7, 11) is 0. The van der Waals surface area contributed by atoms with Gasteiger partial charge in [0.1, 0.15) is 12.4 Å². The number of halogens is 2. The third-order valence-corrected chi connectivity index (χ3v) is 2.76. The van der Waals surface area contributed by atoms with Crippen LogP contribution in [0.15, 0.2) is 47.3 Å². The van der Waals surface area contributed by atoms with Crippen LogP contribution in [0.2, 0.25) is 5.02 Å². The van der Waals surface area contributed by atoms with Gasteiger partial charge in [-0.25, -0.2) is 9.37 Å². The van der Waals surface area contributed by atoms with Crippen molar-refractivity contribution in [2.45, 2.75) is 6.54 Å². The summed E-state index contributed by atoms with van der Waals surface area (Å²) in [5.74, 6) is 0.695. The Morgan fingerprint density at radius 2 is 2.21 bits per heavy atom. The van der Waals surface area contributed by atoms with E-state index in [2.05, 4.69) is 10.1 Å². The Morgan fingerprint density at radius 3 is 2.95 bits per heavy atom. The van der Waals surface area contributed by atoms with E-state index in [0.29, 0.717) is 28.8 Å². The monoisotopic (exact) mass is 277 g/mol. The SMILES string of the molecule is Fc1cccc(-c2cnc(Cn3cc(Cl)cn3)o2)c1. The average molecular weight is 278 g/mol. The maximum Gasteiger partial charge on any atom is 0.216 e. The van der Waals surface area contributed by atoms with Crippen molar-refractivity contribution in [1.82, 2.24) is 14.8 Å². The summed E-state index contributed by atoms with van der Waals surface area (Å²) in [5, 5.41) is 4.58. The van der Waals surface area contributed by atoms with Crippen molar-refractivity contribution in [3.63, 3.8) is 0 Å². The molecule has 0 bridgehead atoms. The zero-order valence-electron chi connectivity index (χ0n) is 9.75. The summed E-state index contributed by atoms with van der Waals surface area (Å²) in [6.07, 6.45) is 4.78. The van der Waals surface area contributed by atoms with Crippen molar-refractivity contribution >= 4 is 11.6 Å². The van der Waals surface area contributed by atoms with E-state index in [1.165, 1.54) is 18.3 Å². The lowest BCUT2D eigenvalue weighted by molar-refractivity contribution is 0.474. The van der Waals surface area contributed by atoms with Crippen LogP contribution in [0, 0.1) is 5.82 Å². The number of hydrogen-bond donors (Lipinski definition) is 0. The third-order valence-electron chi connectivity index (χ3n) is 2.56. The molecule has 19 heavy (non-hydrogen) atoms. The summed E-state index contributed by atoms with van der Waals surface area (Å²) >= 11 is 5.77. The van der Waals surface area contributed by atoms with Gasteiger partial charge in [0.15, 0.2) is 5.76 Å². The summed E-state index contributed by atoms with van der Waals surface area (Å²) < 4.78 is 20.3. The van der Waals surface area contributed by atoms with Gasteiger partial charge in [-0.05, 0) is 12.1 Å². The molecule has 4 nitrogen and oxygen atoms in total. The van der Waals surface area contributed by atoms with E-state index >= 15 is 0 Å². The molecule has 0 aliphatic rings. The Balaban J connectivity index is 1.83. The largest absolute Gasteiger partial charge is 0.439 e. The van der Waals surface area contributed by atoms with Crippen LogP contribution in [0.3, 0.4) is 0 Å². The molecule has 0 aliphatic carbocycles. The molecule has 0 radical (unpaired) electrons. The minimum Gasteiger partial charge on any atom is -0.439 e. The zero-order chi connectivity index (χ0) is 13.2. The maximum absolute atomic E-state index is 13.1. The number of oxazole rings is 1. The predicted octanol–water partition coefficient (Wildman–Crippen LogP) is 3.38. The van der Waals surface area contributed by atoms with Gasteiger partial charge in [0, 0.05) is 11.8 Å². The van der Waals surface area contributed by atoms with Gasteiger partial charge in [0.2, 0.25) is 5.89 Å². The fraction of sp³-hybridized carbons (Fsp3) is 0.0769. The molecule has 0 N–H and O–H groups in total. The van der Waals surface area contributed by atoms with Gasteiger partial charge in [-0.3, -0.25) is 4.68 Å². The minimum atomic E-state index is -0.311. The van der Waals surface area contributed by atoms with Crippen molar-refractivity contribution in [2.24, 2.45) is 0 Å². The standard InChI is InChI=1S/C13H9ClFN3O/c14-10-5-17-18(7-10)8-13-16-6-12(19-13)9-2-1-3-11(15)4-9/h1-7H,8H2. The van der Waals surface area contributed by atoms with Crippen molar-refractivity contribution < 1.29 is 8.81 Å². The van der Waals surface area contributed by atoms with E-state index in [9.17, 15) is 4.39 Å². The molecule has 0 aliphatic heterocycles. The summed E-state index contributed by atoms with van der Waals surface area (Å²) in [6.45, 7) is 0.377. The molecule has 3 aromatic rings. The Bertz CT molecular complexity index is 707. The number of nitrogens with zero attached hydrogens (tertiary/aromatic N) is 3. The number of hydrogen-bond acceptors (Lipinski definition) is 3.